The van der Waals surface area contributed by atoms with E-state index in [0.717, 1.165) is 42.6 Å². The number of likely N-dealkylation sites (tertiary alicyclic amines) is 1. The number of nitrogens with zero attached hydrogens (tertiary/aromatic N) is 3. The van der Waals surface area contributed by atoms with Crippen LogP contribution >= 0.6 is 0 Å². The summed E-state index contributed by atoms with van der Waals surface area (Å²) in [6.45, 7) is 6.31. The van der Waals surface area contributed by atoms with Gasteiger partial charge in [0.05, 0.1) is 17.4 Å². The highest BCUT2D eigenvalue weighted by atomic mass is 19.1. The number of halogens is 2. The standard InChI is InChI=1S/C33H32F2N4O2/c1-20(2)38-12-10-21(11-13-38)29-16-22-14-24(15-23(22)17-31(29)35)32(40)30-19-37-39(33(30)36)26-6-8-27(9-7-26)41-28-5-3-4-25(34)18-28/h3-9,14,16-21H,10-13,15,36H2,1-2H3. The molecular weight excluding hydrogens is 522 g/mol. The first-order valence-electron chi connectivity index (χ1n) is 14.0. The molecule has 0 unspecified atom stereocenters. The van der Waals surface area contributed by atoms with Crippen LogP contribution < -0.4 is 10.5 Å². The van der Waals surface area contributed by atoms with Crippen LogP contribution in [0.1, 0.15) is 59.7 Å². The minimum Gasteiger partial charge on any atom is -0.457 e. The van der Waals surface area contributed by atoms with Gasteiger partial charge in [-0.3, -0.25) is 4.79 Å². The van der Waals surface area contributed by atoms with Crippen molar-refractivity contribution < 1.29 is 18.3 Å². The first-order valence-corrected chi connectivity index (χ1v) is 14.0. The Morgan fingerprint density at radius 1 is 1.02 bits per heavy atom. The fourth-order valence-electron chi connectivity index (χ4n) is 5.80. The van der Waals surface area contributed by atoms with Crippen molar-refractivity contribution >= 4 is 17.7 Å². The summed E-state index contributed by atoms with van der Waals surface area (Å²) < 4.78 is 35.8. The van der Waals surface area contributed by atoms with Gasteiger partial charge in [0.15, 0.2) is 5.78 Å². The second-order valence-corrected chi connectivity index (χ2v) is 11.1. The van der Waals surface area contributed by atoms with Crippen LogP contribution in [-0.4, -0.2) is 39.6 Å². The summed E-state index contributed by atoms with van der Waals surface area (Å²) in [5.41, 5.74) is 10.3. The summed E-state index contributed by atoms with van der Waals surface area (Å²) in [4.78, 5) is 15.9. The van der Waals surface area contributed by atoms with Crippen molar-refractivity contribution in [3.8, 4) is 17.2 Å². The van der Waals surface area contributed by atoms with Crippen LogP contribution in [0.2, 0.25) is 0 Å². The van der Waals surface area contributed by atoms with Gasteiger partial charge >= 0.3 is 0 Å². The Balaban J connectivity index is 1.17. The molecule has 0 spiro atoms. The molecule has 6 nitrogen and oxygen atoms in total. The highest BCUT2D eigenvalue weighted by Crippen LogP contribution is 2.36. The van der Waals surface area contributed by atoms with E-state index < -0.39 is 0 Å². The lowest BCUT2D eigenvalue weighted by Gasteiger charge is -2.35. The number of nitrogens with two attached hydrogens (primary N) is 1. The van der Waals surface area contributed by atoms with Crippen LogP contribution in [-0.2, 0) is 6.42 Å². The van der Waals surface area contributed by atoms with Gasteiger partial charge in [-0.15, -0.1) is 0 Å². The number of carbonyl (C=O) groups is 1. The molecule has 6 rings (SSSR count). The molecule has 2 aliphatic rings. The Morgan fingerprint density at radius 3 is 2.49 bits per heavy atom. The molecular formula is C33H32F2N4O2. The molecule has 0 radical (unpaired) electrons. The Bertz CT molecular complexity index is 1630. The monoisotopic (exact) mass is 554 g/mol. The number of ether oxygens (including phenoxy) is 1. The normalized spacial score (nSPS) is 15.7. The molecule has 0 amide bonds. The molecule has 2 heterocycles. The lowest BCUT2D eigenvalue weighted by atomic mass is 9.87. The number of allylic oxidation sites excluding steroid dienone is 1. The molecule has 3 aromatic carbocycles. The average molecular weight is 555 g/mol. The number of carbonyl (C=O) groups excluding carboxylic acids is 1. The summed E-state index contributed by atoms with van der Waals surface area (Å²) in [6, 6.07) is 16.9. The fraction of sp³-hybridized carbons (Fsp3) is 0.273. The first kappa shape index (κ1) is 26.9. The van der Waals surface area contributed by atoms with Crippen LogP contribution in [0, 0.1) is 11.6 Å². The second kappa shape index (κ2) is 10.9. The maximum Gasteiger partial charge on any atom is 0.194 e. The molecule has 1 aromatic heterocycles. The molecule has 41 heavy (non-hydrogen) atoms. The molecule has 8 heteroatoms. The van der Waals surface area contributed by atoms with E-state index in [1.54, 1.807) is 42.5 Å². The van der Waals surface area contributed by atoms with E-state index in [0.29, 0.717) is 40.8 Å². The van der Waals surface area contributed by atoms with Crippen molar-refractivity contribution in [3.05, 3.63) is 106 Å². The summed E-state index contributed by atoms with van der Waals surface area (Å²) in [5.74, 6) is 0.520. The van der Waals surface area contributed by atoms with Crippen LogP contribution in [0.4, 0.5) is 14.6 Å². The molecule has 1 aliphatic heterocycles. The number of aromatic nitrogens is 2. The molecule has 0 atom stereocenters. The Hall–Kier alpha value is -4.30. The zero-order valence-corrected chi connectivity index (χ0v) is 23.1. The number of rotatable bonds is 7. The number of benzene rings is 3. The summed E-state index contributed by atoms with van der Waals surface area (Å²) in [7, 11) is 0. The van der Waals surface area contributed by atoms with Gasteiger partial charge in [0.25, 0.3) is 0 Å². The fourth-order valence-corrected chi connectivity index (χ4v) is 5.80. The van der Waals surface area contributed by atoms with E-state index in [4.69, 9.17) is 10.5 Å². The third-order valence-corrected chi connectivity index (χ3v) is 8.12. The van der Waals surface area contributed by atoms with Crippen molar-refractivity contribution in [2.24, 2.45) is 0 Å². The number of fused-ring (bicyclic) bond motifs is 1. The Kier molecular flexibility index (Phi) is 7.17. The lowest BCUT2D eigenvalue weighted by Crippen LogP contribution is -2.38. The van der Waals surface area contributed by atoms with E-state index in [1.807, 2.05) is 12.1 Å². The van der Waals surface area contributed by atoms with Gasteiger partial charge in [0.2, 0.25) is 0 Å². The van der Waals surface area contributed by atoms with Gasteiger partial charge < -0.3 is 15.4 Å². The van der Waals surface area contributed by atoms with E-state index in [1.165, 1.54) is 23.0 Å². The van der Waals surface area contributed by atoms with E-state index in [9.17, 15) is 9.18 Å². The van der Waals surface area contributed by atoms with E-state index >= 15 is 4.39 Å². The largest absolute Gasteiger partial charge is 0.457 e. The van der Waals surface area contributed by atoms with Crippen molar-refractivity contribution in [3.63, 3.8) is 0 Å². The molecule has 1 fully saturated rings. The molecule has 0 bridgehead atoms. The minimum absolute atomic E-state index is 0.183. The van der Waals surface area contributed by atoms with Gasteiger partial charge in [-0.1, -0.05) is 6.07 Å². The molecule has 1 saturated heterocycles. The van der Waals surface area contributed by atoms with Gasteiger partial charge in [0.1, 0.15) is 29.0 Å². The third-order valence-electron chi connectivity index (χ3n) is 8.12. The Morgan fingerprint density at radius 2 is 1.78 bits per heavy atom. The molecule has 4 aromatic rings. The Labute approximate surface area is 238 Å². The van der Waals surface area contributed by atoms with Gasteiger partial charge in [-0.05, 0) is 117 Å². The number of hydrogen-bond donors (Lipinski definition) is 1. The zero-order valence-electron chi connectivity index (χ0n) is 23.1. The third kappa shape index (κ3) is 5.39. The van der Waals surface area contributed by atoms with Crippen LogP contribution in [0.15, 0.2) is 72.4 Å². The van der Waals surface area contributed by atoms with Crippen molar-refractivity contribution in [2.45, 2.75) is 45.1 Å². The van der Waals surface area contributed by atoms with Crippen LogP contribution in [0.25, 0.3) is 11.8 Å². The molecule has 0 saturated carbocycles. The van der Waals surface area contributed by atoms with Crippen LogP contribution in [0.3, 0.4) is 0 Å². The molecule has 1 aliphatic carbocycles. The second-order valence-electron chi connectivity index (χ2n) is 11.1. The summed E-state index contributed by atoms with van der Waals surface area (Å²) in [6.07, 6.45) is 5.54. The quantitative estimate of drug-likeness (QED) is 0.251. The topological polar surface area (TPSA) is 73.4 Å². The van der Waals surface area contributed by atoms with E-state index in [2.05, 4.69) is 23.8 Å². The van der Waals surface area contributed by atoms with E-state index in [-0.39, 0.29) is 29.2 Å². The van der Waals surface area contributed by atoms with Crippen molar-refractivity contribution in [1.29, 1.82) is 0 Å². The maximum atomic E-state index is 15.2. The number of piperidine rings is 1. The summed E-state index contributed by atoms with van der Waals surface area (Å²) in [5, 5.41) is 4.35. The smallest absolute Gasteiger partial charge is 0.194 e. The highest BCUT2D eigenvalue weighted by molar-refractivity contribution is 6.15. The average Bonchev–Trinajstić information content (AvgIpc) is 3.56. The number of Topliss-reactive ketones (excluding diaryl/α,β-unsaturated/α-hetero) is 1. The summed E-state index contributed by atoms with van der Waals surface area (Å²) >= 11 is 0. The maximum absolute atomic E-state index is 15.2. The number of nitrogen functional groups attached to an aromatic ring is 1. The lowest BCUT2D eigenvalue weighted by molar-refractivity contribution is 0.103. The molecule has 210 valence electrons. The molecule has 2 N–H and O–H groups in total. The van der Waals surface area contributed by atoms with Crippen LogP contribution in [0.5, 0.6) is 11.5 Å². The van der Waals surface area contributed by atoms with Gasteiger partial charge in [-0.2, -0.15) is 5.10 Å². The number of hydrogen-bond acceptors (Lipinski definition) is 5. The number of anilines is 1. The van der Waals surface area contributed by atoms with Gasteiger partial charge in [-0.25, -0.2) is 13.5 Å². The van der Waals surface area contributed by atoms with Crippen molar-refractivity contribution in [1.82, 2.24) is 14.7 Å². The highest BCUT2D eigenvalue weighted by Gasteiger charge is 2.28. The van der Waals surface area contributed by atoms with Gasteiger partial charge in [0, 0.05) is 24.1 Å². The predicted octanol–water partition coefficient (Wildman–Crippen LogP) is 6.94. The predicted molar refractivity (Wildman–Crippen MR) is 156 cm³/mol. The SMILES string of the molecule is CC(C)N1CCC(c2cc3c(cc2F)CC(C(=O)c2cnn(-c4ccc(Oc5cccc(F)c5)cc4)c2N)=C3)CC1. The zero-order chi connectivity index (χ0) is 28.7. The van der Waals surface area contributed by atoms with Crippen molar-refractivity contribution in [2.75, 3.05) is 18.8 Å². The first-order chi connectivity index (χ1) is 19.8. The number of ketones is 1. The minimum atomic E-state index is -0.381.